The molecule has 1 aromatic rings. The molecule has 7 heteroatoms. The summed E-state index contributed by atoms with van der Waals surface area (Å²) in [5, 5.41) is 12.7. The highest BCUT2D eigenvalue weighted by molar-refractivity contribution is 6.28. The van der Waals surface area contributed by atoms with E-state index < -0.39 is 0 Å². The standard InChI is InChI=1S/C10H15ClN4O2/c1-17-10-14-8(11)13-9(15-10)12-6-2-4-7(16)5-3-6/h6-7,16H,2-5H2,1H3,(H,12,13,14,15). The Morgan fingerprint density at radius 1 is 1.24 bits per heavy atom. The Bertz CT molecular complexity index is 383. The van der Waals surface area contributed by atoms with Gasteiger partial charge in [0.2, 0.25) is 11.2 Å². The number of aliphatic hydroxyl groups excluding tert-OH is 1. The van der Waals surface area contributed by atoms with Crippen molar-refractivity contribution in [3.05, 3.63) is 5.28 Å². The number of aromatic nitrogens is 3. The van der Waals surface area contributed by atoms with Crippen LogP contribution >= 0.6 is 11.6 Å². The number of hydrogen-bond donors (Lipinski definition) is 2. The molecule has 0 spiro atoms. The molecule has 0 amide bonds. The Kier molecular flexibility index (Phi) is 3.96. The van der Waals surface area contributed by atoms with Gasteiger partial charge in [0.1, 0.15) is 0 Å². The molecular formula is C10H15ClN4O2. The molecule has 1 heterocycles. The Morgan fingerprint density at radius 3 is 2.59 bits per heavy atom. The molecule has 17 heavy (non-hydrogen) atoms. The zero-order valence-corrected chi connectivity index (χ0v) is 10.3. The van der Waals surface area contributed by atoms with Crippen LogP contribution in [0.15, 0.2) is 0 Å². The number of halogens is 1. The average molecular weight is 259 g/mol. The van der Waals surface area contributed by atoms with Gasteiger partial charge in [-0.3, -0.25) is 0 Å². The van der Waals surface area contributed by atoms with E-state index in [1.54, 1.807) is 0 Å². The molecule has 0 atom stereocenters. The smallest absolute Gasteiger partial charge is 0.322 e. The van der Waals surface area contributed by atoms with Crippen molar-refractivity contribution in [2.75, 3.05) is 12.4 Å². The van der Waals surface area contributed by atoms with Crippen LogP contribution in [0.3, 0.4) is 0 Å². The van der Waals surface area contributed by atoms with Gasteiger partial charge in [-0.25, -0.2) is 0 Å². The van der Waals surface area contributed by atoms with E-state index in [0.717, 1.165) is 25.7 Å². The van der Waals surface area contributed by atoms with Gasteiger partial charge in [-0.1, -0.05) is 0 Å². The highest BCUT2D eigenvalue weighted by Gasteiger charge is 2.20. The molecule has 2 rings (SSSR count). The molecule has 1 fully saturated rings. The lowest BCUT2D eigenvalue weighted by atomic mass is 9.93. The summed E-state index contributed by atoms with van der Waals surface area (Å²) in [5.74, 6) is 0.420. The molecule has 1 saturated carbocycles. The summed E-state index contributed by atoms with van der Waals surface area (Å²) in [6.45, 7) is 0. The number of anilines is 1. The first kappa shape index (κ1) is 12.3. The molecule has 0 bridgehead atoms. The van der Waals surface area contributed by atoms with Crippen LogP contribution in [0.1, 0.15) is 25.7 Å². The largest absolute Gasteiger partial charge is 0.467 e. The summed E-state index contributed by atoms with van der Waals surface area (Å²) < 4.78 is 4.92. The van der Waals surface area contributed by atoms with Crippen LogP contribution in [-0.4, -0.2) is 39.3 Å². The first-order valence-electron chi connectivity index (χ1n) is 5.57. The Hall–Kier alpha value is -1.14. The van der Waals surface area contributed by atoms with E-state index in [2.05, 4.69) is 20.3 Å². The molecule has 2 N–H and O–H groups in total. The minimum absolute atomic E-state index is 0.107. The topological polar surface area (TPSA) is 80.2 Å². The molecule has 1 aromatic heterocycles. The van der Waals surface area contributed by atoms with Crippen molar-refractivity contribution in [2.45, 2.75) is 37.8 Å². The second-order valence-electron chi connectivity index (χ2n) is 4.06. The summed E-state index contributed by atoms with van der Waals surface area (Å²) in [5.41, 5.74) is 0. The third kappa shape index (κ3) is 3.41. The minimum Gasteiger partial charge on any atom is -0.467 e. The third-order valence-electron chi connectivity index (χ3n) is 2.80. The summed E-state index contributed by atoms with van der Waals surface area (Å²) >= 11 is 5.75. The predicted octanol–water partition coefficient (Wildman–Crippen LogP) is 1.25. The van der Waals surface area contributed by atoms with Gasteiger partial charge in [0.05, 0.1) is 13.2 Å². The lowest BCUT2D eigenvalue weighted by Gasteiger charge is -2.26. The van der Waals surface area contributed by atoms with Gasteiger partial charge in [-0.05, 0) is 37.3 Å². The van der Waals surface area contributed by atoms with Gasteiger partial charge in [-0.15, -0.1) is 0 Å². The van der Waals surface area contributed by atoms with Gasteiger partial charge < -0.3 is 15.2 Å². The predicted molar refractivity (Wildman–Crippen MR) is 63.3 cm³/mol. The molecule has 0 aromatic carbocycles. The van der Waals surface area contributed by atoms with E-state index in [0.29, 0.717) is 5.95 Å². The number of nitrogens with one attached hydrogen (secondary N) is 1. The van der Waals surface area contributed by atoms with Crippen molar-refractivity contribution in [3.63, 3.8) is 0 Å². The van der Waals surface area contributed by atoms with Crippen LogP contribution in [-0.2, 0) is 0 Å². The maximum absolute atomic E-state index is 9.41. The first-order chi connectivity index (χ1) is 8.17. The van der Waals surface area contributed by atoms with E-state index in [9.17, 15) is 5.11 Å². The molecule has 0 unspecified atom stereocenters. The van der Waals surface area contributed by atoms with Crippen LogP contribution in [0.25, 0.3) is 0 Å². The lowest BCUT2D eigenvalue weighted by molar-refractivity contribution is 0.126. The summed E-state index contributed by atoms with van der Waals surface area (Å²) in [6, 6.07) is 0.463. The van der Waals surface area contributed by atoms with E-state index in [1.165, 1.54) is 7.11 Å². The number of rotatable bonds is 3. The maximum atomic E-state index is 9.41. The van der Waals surface area contributed by atoms with Crippen LogP contribution in [0.5, 0.6) is 6.01 Å². The molecule has 6 nitrogen and oxygen atoms in total. The van der Waals surface area contributed by atoms with E-state index in [1.807, 2.05) is 0 Å². The maximum Gasteiger partial charge on any atom is 0.322 e. The highest BCUT2D eigenvalue weighted by Crippen LogP contribution is 2.21. The average Bonchev–Trinajstić information content (AvgIpc) is 2.31. The van der Waals surface area contributed by atoms with Crippen LogP contribution in [0.4, 0.5) is 5.95 Å². The third-order valence-corrected chi connectivity index (χ3v) is 2.97. The summed E-state index contributed by atoms with van der Waals surface area (Å²) in [7, 11) is 1.48. The normalized spacial score (nSPS) is 24.4. The quantitative estimate of drug-likeness (QED) is 0.849. The van der Waals surface area contributed by atoms with E-state index in [4.69, 9.17) is 16.3 Å². The number of methoxy groups -OCH3 is 1. The fourth-order valence-corrected chi connectivity index (χ4v) is 2.04. The number of hydrogen-bond acceptors (Lipinski definition) is 6. The fourth-order valence-electron chi connectivity index (χ4n) is 1.89. The fraction of sp³-hybridized carbons (Fsp3) is 0.700. The molecule has 94 valence electrons. The van der Waals surface area contributed by atoms with E-state index >= 15 is 0 Å². The second kappa shape index (κ2) is 5.46. The van der Waals surface area contributed by atoms with Crippen LogP contribution < -0.4 is 10.1 Å². The molecule has 0 saturated heterocycles. The zero-order valence-electron chi connectivity index (χ0n) is 9.56. The van der Waals surface area contributed by atoms with Gasteiger partial charge in [-0.2, -0.15) is 15.0 Å². The van der Waals surface area contributed by atoms with Crippen LogP contribution in [0, 0.1) is 0 Å². The van der Waals surface area contributed by atoms with Crippen molar-refractivity contribution in [2.24, 2.45) is 0 Å². The van der Waals surface area contributed by atoms with E-state index in [-0.39, 0.29) is 23.4 Å². The van der Waals surface area contributed by atoms with Crippen molar-refractivity contribution in [1.82, 2.24) is 15.0 Å². The number of aliphatic hydroxyl groups is 1. The van der Waals surface area contributed by atoms with Crippen molar-refractivity contribution in [3.8, 4) is 6.01 Å². The van der Waals surface area contributed by atoms with Gasteiger partial charge in [0, 0.05) is 6.04 Å². The summed E-state index contributed by atoms with van der Waals surface area (Å²) in [6.07, 6.45) is 3.21. The molecule has 1 aliphatic rings. The molecule has 0 radical (unpaired) electrons. The van der Waals surface area contributed by atoms with Gasteiger partial charge in [0.25, 0.3) is 0 Å². The first-order valence-corrected chi connectivity index (χ1v) is 5.95. The van der Waals surface area contributed by atoms with Gasteiger partial charge in [0.15, 0.2) is 0 Å². The molecule has 0 aliphatic heterocycles. The lowest BCUT2D eigenvalue weighted by Crippen LogP contribution is -2.29. The molecule has 1 aliphatic carbocycles. The van der Waals surface area contributed by atoms with Crippen LogP contribution in [0.2, 0.25) is 5.28 Å². The Morgan fingerprint density at radius 2 is 1.94 bits per heavy atom. The highest BCUT2D eigenvalue weighted by atomic mass is 35.5. The number of ether oxygens (including phenoxy) is 1. The molecular weight excluding hydrogens is 244 g/mol. The van der Waals surface area contributed by atoms with Crippen molar-refractivity contribution in [1.29, 1.82) is 0 Å². The Balaban J connectivity index is 2.00. The monoisotopic (exact) mass is 258 g/mol. The number of nitrogens with zero attached hydrogens (tertiary/aromatic N) is 3. The van der Waals surface area contributed by atoms with Crippen molar-refractivity contribution < 1.29 is 9.84 Å². The second-order valence-corrected chi connectivity index (χ2v) is 4.40. The zero-order chi connectivity index (χ0) is 12.3. The minimum atomic E-state index is -0.176. The SMILES string of the molecule is COc1nc(Cl)nc(NC2CCC(O)CC2)n1. The van der Waals surface area contributed by atoms with Crippen molar-refractivity contribution >= 4 is 17.5 Å². The summed E-state index contributed by atoms with van der Waals surface area (Å²) in [4.78, 5) is 11.8. The van der Waals surface area contributed by atoms with Gasteiger partial charge >= 0.3 is 6.01 Å². The Labute approximate surface area is 104 Å².